The summed E-state index contributed by atoms with van der Waals surface area (Å²) in [7, 11) is -2.12. The molecule has 1 N–H and O–H groups in total. The van der Waals surface area contributed by atoms with Gasteiger partial charge in [-0.05, 0) is 34.1 Å². The van der Waals surface area contributed by atoms with Gasteiger partial charge in [-0.25, -0.2) is 13.2 Å². The monoisotopic (exact) mass is 307 g/mol. The lowest BCUT2D eigenvalue weighted by molar-refractivity contribution is 0.0601. The first-order chi connectivity index (χ1) is 7.33. The van der Waals surface area contributed by atoms with Gasteiger partial charge >= 0.3 is 5.97 Å². The molecule has 0 amide bonds. The van der Waals surface area contributed by atoms with Crippen LogP contribution in [-0.2, 0) is 14.8 Å². The number of rotatable bonds is 3. The lowest BCUT2D eigenvalue weighted by atomic mass is 10.2. The molecule has 0 aliphatic rings. The Bertz CT molecular complexity index is 512. The summed E-state index contributed by atoms with van der Waals surface area (Å²) in [5.41, 5.74) is 0.572. The molecule has 0 atom stereocenters. The zero-order valence-corrected chi connectivity index (χ0v) is 11.1. The van der Waals surface area contributed by atoms with Crippen molar-refractivity contribution in [2.24, 2.45) is 0 Å². The van der Waals surface area contributed by atoms with E-state index in [1.54, 1.807) is 6.07 Å². The number of anilines is 1. The smallest absolute Gasteiger partial charge is 0.337 e. The average Bonchev–Trinajstić information content (AvgIpc) is 2.18. The molecule has 88 valence electrons. The second kappa shape index (κ2) is 4.84. The van der Waals surface area contributed by atoms with Crippen LogP contribution in [0.4, 0.5) is 5.69 Å². The van der Waals surface area contributed by atoms with Crippen LogP contribution in [-0.4, -0.2) is 27.8 Å². The number of benzene rings is 1. The highest BCUT2D eigenvalue weighted by atomic mass is 79.9. The van der Waals surface area contributed by atoms with Crippen LogP contribution in [0, 0.1) is 0 Å². The van der Waals surface area contributed by atoms with Crippen molar-refractivity contribution in [3.8, 4) is 0 Å². The van der Waals surface area contributed by atoms with Crippen LogP contribution in [0.1, 0.15) is 10.4 Å². The zero-order valence-electron chi connectivity index (χ0n) is 8.65. The van der Waals surface area contributed by atoms with Crippen LogP contribution >= 0.6 is 15.9 Å². The van der Waals surface area contributed by atoms with Gasteiger partial charge in [-0.15, -0.1) is 0 Å². The lowest BCUT2D eigenvalue weighted by Gasteiger charge is -2.07. The number of sulfonamides is 1. The van der Waals surface area contributed by atoms with Gasteiger partial charge in [0.15, 0.2) is 0 Å². The van der Waals surface area contributed by atoms with Gasteiger partial charge in [-0.2, -0.15) is 0 Å². The number of nitrogens with one attached hydrogen (secondary N) is 1. The Morgan fingerprint density at radius 1 is 1.44 bits per heavy atom. The van der Waals surface area contributed by atoms with Crippen molar-refractivity contribution in [1.82, 2.24) is 0 Å². The van der Waals surface area contributed by atoms with Gasteiger partial charge in [0.05, 0.1) is 24.6 Å². The van der Waals surface area contributed by atoms with Gasteiger partial charge in [0, 0.05) is 4.47 Å². The summed E-state index contributed by atoms with van der Waals surface area (Å²) in [6.07, 6.45) is 1.03. The van der Waals surface area contributed by atoms with Crippen molar-refractivity contribution in [3.63, 3.8) is 0 Å². The minimum Gasteiger partial charge on any atom is -0.465 e. The third kappa shape index (κ3) is 3.49. The Morgan fingerprint density at radius 3 is 2.56 bits per heavy atom. The molecule has 16 heavy (non-hydrogen) atoms. The number of carbonyl (C=O) groups is 1. The summed E-state index contributed by atoms with van der Waals surface area (Å²) in [5.74, 6) is -0.524. The van der Waals surface area contributed by atoms with Crippen molar-refractivity contribution in [1.29, 1.82) is 0 Å². The van der Waals surface area contributed by atoms with Crippen molar-refractivity contribution in [2.45, 2.75) is 0 Å². The lowest BCUT2D eigenvalue weighted by Crippen LogP contribution is -2.11. The molecular formula is C9H10BrNO4S. The van der Waals surface area contributed by atoms with Gasteiger partial charge in [0.1, 0.15) is 0 Å². The van der Waals surface area contributed by atoms with Crippen LogP contribution in [0.2, 0.25) is 0 Å². The molecule has 0 aliphatic heterocycles. The van der Waals surface area contributed by atoms with E-state index in [9.17, 15) is 13.2 Å². The van der Waals surface area contributed by atoms with E-state index in [2.05, 4.69) is 25.4 Å². The van der Waals surface area contributed by atoms with Crippen molar-refractivity contribution < 1.29 is 17.9 Å². The number of hydrogen-bond donors (Lipinski definition) is 1. The molecule has 0 saturated carbocycles. The SMILES string of the molecule is COC(=O)c1ccc(Br)c(NS(C)(=O)=O)c1. The van der Waals surface area contributed by atoms with E-state index in [0.717, 1.165) is 6.26 Å². The largest absolute Gasteiger partial charge is 0.465 e. The highest BCUT2D eigenvalue weighted by Gasteiger charge is 2.11. The fraction of sp³-hybridized carbons (Fsp3) is 0.222. The number of halogens is 1. The van der Waals surface area contributed by atoms with Gasteiger partial charge in [-0.3, -0.25) is 4.72 Å². The first-order valence-electron chi connectivity index (χ1n) is 4.19. The summed E-state index contributed by atoms with van der Waals surface area (Å²) in [4.78, 5) is 11.2. The first kappa shape index (κ1) is 13.0. The topological polar surface area (TPSA) is 72.5 Å². The third-order valence-corrected chi connectivity index (χ3v) is 2.97. The average molecular weight is 308 g/mol. The Hall–Kier alpha value is -1.08. The van der Waals surface area contributed by atoms with Crippen LogP contribution < -0.4 is 4.72 Å². The molecule has 5 nitrogen and oxygen atoms in total. The summed E-state index contributed by atoms with van der Waals surface area (Å²) in [6.45, 7) is 0. The van der Waals surface area contributed by atoms with Crippen LogP contribution in [0.15, 0.2) is 22.7 Å². The highest BCUT2D eigenvalue weighted by Crippen LogP contribution is 2.24. The molecule has 0 bridgehead atoms. The molecule has 0 spiro atoms. The van der Waals surface area contributed by atoms with E-state index < -0.39 is 16.0 Å². The predicted octanol–water partition coefficient (Wildman–Crippen LogP) is 1.61. The number of esters is 1. The Balaban J connectivity index is 3.14. The van der Waals surface area contributed by atoms with Crippen molar-refractivity contribution in [3.05, 3.63) is 28.2 Å². The van der Waals surface area contributed by atoms with Gasteiger partial charge in [0.2, 0.25) is 10.0 Å². The summed E-state index contributed by atoms with van der Waals surface area (Å²) in [6, 6.07) is 4.50. The van der Waals surface area contributed by atoms with Crippen LogP contribution in [0.5, 0.6) is 0 Å². The third-order valence-electron chi connectivity index (χ3n) is 1.68. The summed E-state index contributed by atoms with van der Waals surface area (Å²) >= 11 is 3.18. The maximum atomic E-state index is 11.2. The minimum atomic E-state index is -3.38. The van der Waals surface area contributed by atoms with E-state index in [4.69, 9.17) is 0 Å². The summed E-state index contributed by atoms with van der Waals surface area (Å²) < 4.78 is 29.5. The van der Waals surface area contributed by atoms with Crippen molar-refractivity contribution in [2.75, 3.05) is 18.1 Å². The summed E-state index contributed by atoms with van der Waals surface area (Å²) in [5, 5.41) is 0. The number of carbonyl (C=O) groups excluding carboxylic acids is 1. The quantitative estimate of drug-likeness (QED) is 0.861. The van der Waals surface area contributed by atoms with E-state index in [1.165, 1.54) is 19.2 Å². The predicted molar refractivity (Wildman–Crippen MR) is 63.9 cm³/mol. The second-order valence-electron chi connectivity index (χ2n) is 3.06. The maximum Gasteiger partial charge on any atom is 0.337 e. The molecule has 7 heteroatoms. The molecule has 0 unspecified atom stereocenters. The van der Waals surface area contributed by atoms with E-state index in [0.29, 0.717) is 10.2 Å². The number of hydrogen-bond acceptors (Lipinski definition) is 4. The fourth-order valence-electron chi connectivity index (χ4n) is 1.05. The molecule has 0 heterocycles. The molecule has 1 aromatic rings. The molecule has 0 fully saturated rings. The fourth-order valence-corrected chi connectivity index (χ4v) is 2.09. The minimum absolute atomic E-state index is 0.275. The Labute approximate surface area is 102 Å². The number of ether oxygens (including phenoxy) is 1. The Kier molecular flexibility index (Phi) is 3.93. The molecular weight excluding hydrogens is 298 g/mol. The van der Waals surface area contributed by atoms with E-state index >= 15 is 0 Å². The van der Waals surface area contributed by atoms with Gasteiger partial charge < -0.3 is 4.74 Å². The molecule has 1 aromatic carbocycles. The standard InChI is InChI=1S/C9H10BrNO4S/c1-15-9(12)6-3-4-7(10)8(5-6)11-16(2,13)14/h3-5,11H,1-2H3. The van der Waals surface area contributed by atoms with E-state index in [1.807, 2.05) is 0 Å². The zero-order chi connectivity index (χ0) is 12.3. The molecule has 0 aliphatic carbocycles. The molecule has 0 radical (unpaired) electrons. The number of methoxy groups -OCH3 is 1. The molecule has 0 aromatic heterocycles. The normalized spacial score (nSPS) is 10.9. The van der Waals surface area contributed by atoms with Gasteiger partial charge in [-0.1, -0.05) is 0 Å². The van der Waals surface area contributed by atoms with Crippen molar-refractivity contribution >= 4 is 37.6 Å². The first-order valence-corrected chi connectivity index (χ1v) is 6.87. The maximum absolute atomic E-state index is 11.2. The van der Waals surface area contributed by atoms with Crippen LogP contribution in [0.25, 0.3) is 0 Å². The molecule has 0 saturated heterocycles. The van der Waals surface area contributed by atoms with E-state index in [-0.39, 0.29) is 5.56 Å². The Morgan fingerprint density at radius 2 is 2.06 bits per heavy atom. The molecule has 1 rings (SSSR count). The second-order valence-corrected chi connectivity index (χ2v) is 5.66. The van der Waals surface area contributed by atoms with Gasteiger partial charge in [0.25, 0.3) is 0 Å². The van der Waals surface area contributed by atoms with Crippen LogP contribution in [0.3, 0.4) is 0 Å². The highest BCUT2D eigenvalue weighted by molar-refractivity contribution is 9.10.